The van der Waals surface area contributed by atoms with Gasteiger partial charge in [0, 0.05) is 11.3 Å². The minimum Gasteiger partial charge on any atom is -0.366 e. The van der Waals surface area contributed by atoms with Crippen LogP contribution in [0.15, 0.2) is 6.07 Å². The summed E-state index contributed by atoms with van der Waals surface area (Å²) in [6.07, 6.45) is 0.384. The summed E-state index contributed by atoms with van der Waals surface area (Å²) in [6, 6.07) is 1.68. The van der Waals surface area contributed by atoms with E-state index in [1.165, 1.54) is 11.3 Å². The maximum absolute atomic E-state index is 11.1. The molecule has 0 aromatic carbocycles. The van der Waals surface area contributed by atoms with E-state index in [9.17, 15) is 9.59 Å². The third-order valence-electron chi connectivity index (χ3n) is 1.69. The van der Waals surface area contributed by atoms with Crippen molar-refractivity contribution < 1.29 is 9.59 Å². The van der Waals surface area contributed by atoms with Crippen molar-refractivity contribution in [2.24, 2.45) is 5.73 Å². The first-order chi connectivity index (χ1) is 6.54. The fraction of sp³-hybridized carbons (Fsp3) is 0.333. The Bertz CT molecular complexity index is 371. The molecule has 0 aliphatic heterocycles. The molecule has 1 aromatic rings. The zero-order valence-corrected chi connectivity index (χ0v) is 8.90. The number of amides is 2. The Morgan fingerprint density at radius 2 is 2.21 bits per heavy atom. The van der Waals surface area contributed by atoms with Crippen LogP contribution in [0.2, 0.25) is 0 Å². The Labute approximate surface area is 86.1 Å². The zero-order chi connectivity index (χ0) is 10.7. The lowest BCUT2D eigenvalue weighted by molar-refractivity contribution is -0.115. The molecule has 1 rings (SSSR count). The van der Waals surface area contributed by atoms with E-state index < -0.39 is 5.91 Å². The minimum atomic E-state index is -0.513. The summed E-state index contributed by atoms with van der Waals surface area (Å²) in [5.74, 6) is -0.630. The van der Waals surface area contributed by atoms with Crippen molar-refractivity contribution in [3.8, 4) is 0 Å². The Balaban J connectivity index is 2.95. The molecule has 0 atom stereocenters. The SMILES string of the molecule is CCC(=O)Nc1sc(C)cc1C(N)=O. The van der Waals surface area contributed by atoms with Crippen molar-refractivity contribution in [3.05, 3.63) is 16.5 Å². The average Bonchev–Trinajstić information content (AvgIpc) is 2.46. The molecule has 14 heavy (non-hydrogen) atoms. The van der Waals surface area contributed by atoms with Crippen LogP contribution >= 0.6 is 11.3 Å². The van der Waals surface area contributed by atoms with Crippen molar-refractivity contribution in [1.29, 1.82) is 0 Å². The molecule has 0 unspecified atom stereocenters. The molecule has 0 fully saturated rings. The van der Waals surface area contributed by atoms with Crippen molar-refractivity contribution in [3.63, 3.8) is 0 Å². The van der Waals surface area contributed by atoms with Crippen LogP contribution in [-0.4, -0.2) is 11.8 Å². The summed E-state index contributed by atoms with van der Waals surface area (Å²) in [5, 5.41) is 3.18. The molecule has 76 valence electrons. The van der Waals surface area contributed by atoms with Crippen molar-refractivity contribution >= 4 is 28.2 Å². The molecular formula is C9H12N2O2S. The maximum atomic E-state index is 11.1. The van der Waals surface area contributed by atoms with Crippen LogP contribution in [0.4, 0.5) is 5.00 Å². The van der Waals surface area contributed by atoms with Crippen LogP contribution in [0.3, 0.4) is 0 Å². The van der Waals surface area contributed by atoms with Gasteiger partial charge >= 0.3 is 0 Å². The molecule has 0 saturated carbocycles. The number of hydrogen-bond acceptors (Lipinski definition) is 3. The van der Waals surface area contributed by atoms with E-state index in [0.29, 0.717) is 17.0 Å². The Hall–Kier alpha value is -1.36. The van der Waals surface area contributed by atoms with Gasteiger partial charge in [0.05, 0.1) is 5.56 Å². The van der Waals surface area contributed by atoms with Gasteiger partial charge in [-0.15, -0.1) is 11.3 Å². The minimum absolute atomic E-state index is 0.116. The van der Waals surface area contributed by atoms with Gasteiger partial charge in [-0.1, -0.05) is 6.92 Å². The lowest BCUT2D eigenvalue weighted by atomic mass is 10.3. The molecule has 0 aliphatic rings. The summed E-state index contributed by atoms with van der Waals surface area (Å²) in [6.45, 7) is 3.61. The average molecular weight is 212 g/mol. The van der Waals surface area contributed by atoms with Crippen LogP contribution in [0, 0.1) is 6.92 Å². The van der Waals surface area contributed by atoms with Crippen LogP contribution in [-0.2, 0) is 4.79 Å². The second-order valence-corrected chi connectivity index (χ2v) is 4.12. The van der Waals surface area contributed by atoms with Gasteiger partial charge in [0.15, 0.2) is 0 Å². The number of aryl methyl sites for hydroxylation is 1. The number of primary amides is 1. The highest BCUT2D eigenvalue weighted by molar-refractivity contribution is 7.16. The zero-order valence-electron chi connectivity index (χ0n) is 8.09. The molecule has 0 saturated heterocycles. The first-order valence-corrected chi connectivity index (χ1v) is 5.06. The summed E-state index contributed by atoms with van der Waals surface area (Å²) in [7, 11) is 0. The molecule has 4 nitrogen and oxygen atoms in total. The van der Waals surface area contributed by atoms with Crippen LogP contribution < -0.4 is 11.1 Å². The molecule has 3 N–H and O–H groups in total. The van der Waals surface area contributed by atoms with E-state index in [2.05, 4.69) is 5.32 Å². The lowest BCUT2D eigenvalue weighted by Crippen LogP contribution is -2.15. The number of nitrogens with one attached hydrogen (secondary N) is 1. The predicted molar refractivity (Wildman–Crippen MR) is 56.5 cm³/mol. The largest absolute Gasteiger partial charge is 0.366 e. The standard InChI is InChI=1S/C9H12N2O2S/c1-3-7(12)11-9-6(8(10)13)4-5(2)14-9/h4H,3H2,1-2H3,(H2,10,13)(H,11,12). The number of carbonyl (C=O) groups is 2. The van der Waals surface area contributed by atoms with Crippen LogP contribution in [0.25, 0.3) is 0 Å². The quantitative estimate of drug-likeness (QED) is 0.797. The van der Waals surface area contributed by atoms with Gasteiger partial charge in [0.1, 0.15) is 5.00 Å². The number of rotatable bonds is 3. The highest BCUT2D eigenvalue weighted by Gasteiger charge is 2.13. The number of nitrogens with two attached hydrogens (primary N) is 1. The van der Waals surface area contributed by atoms with E-state index in [0.717, 1.165) is 4.88 Å². The number of hydrogen-bond donors (Lipinski definition) is 2. The Morgan fingerprint density at radius 3 is 2.71 bits per heavy atom. The fourth-order valence-electron chi connectivity index (χ4n) is 1.01. The molecule has 1 aromatic heterocycles. The normalized spacial score (nSPS) is 9.86. The molecule has 0 aliphatic carbocycles. The molecule has 1 heterocycles. The van der Waals surface area contributed by atoms with E-state index in [1.54, 1.807) is 13.0 Å². The molecular weight excluding hydrogens is 200 g/mol. The topological polar surface area (TPSA) is 72.2 Å². The van der Waals surface area contributed by atoms with Crippen molar-refractivity contribution in [1.82, 2.24) is 0 Å². The first-order valence-electron chi connectivity index (χ1n) is 4.24. The second kappa shape index (κ2) is 4.23. The predicted octanol–water partition coefficient (Wildman–Crippen LogP) is 1.50. The smallest absolute Gasteiger partial charge is 0.251 e. The summed E-state index contributed by atoms with van der Waals surface area (Å²) < 4.78 is 0. The van der Waals surface area contributed by atoms with Gasteiger partial charge in [-0.25, -0.2) is 0 Å². The third-order valence-corrected chi connectivity index (χ3v) is 2.66. The summed E-state index contributed by atoms with van der Waals surface area (Å²) in [5.41, 5.74) is 5.55. The van der Waals surface area contributed by atoms with Gasteiger partial charge in [0.2, 0.25) is 5.91 Å². The first kappa shape index (κ1) is 10.7. The van der Waals surface area contributed by atoms with E-state index in [1.807, 2.05) is 6.92 Å². The Morgan fingerprint density at radius 1 is 1.57 bits per heavy atom. The maximum Gasteiger partial charge on any atom is 0.251 e. The second-order valence-electron chi connectivity index (χ2n) is 2.87. The molecule has 0 spiro atoms. The number of carbonyl (C=O) groups excluding carboxylic acids is 2. The van der Waals surface area contributed by atoms with Crippen molar-refractivity contribution in [2.75, 3.05) is 5.32 Å². The van der Waals surface area contributed by atoms with E-state index >= 15 is 0 Å². The van der Waals surface area contributed by atoms with Crippen molar-refractivity contribution in [2.45, 2.75) is 20.3 Å². The number of anilines is 1. The van der Waals surface area contributed by atoms with Gasteiger partial charge in [-0.05, 0) is 13.0 Å². The number of thiophene rings is 1. The van der Waals surface area contributed by atoms with Gasteiger partial charge in [-0.3, -0.25) is 9.59 Å². The highest BCUT2D eigenvalue weighted by atomic mass is 32.1. The lowest BCUT2D eigenvalue weighted by Gasteiger charge is -2.01. The van der Waals surface area contributed by atoms with E-state index in [4.69, 9.17) is 5.73 Å². The monoisotopic (exact) mass is 212 g/mol. The summed E-state index contributed by atoms with van der Waals surface area (Å²) >= 11 is 1.35. The molecule has 2 amide bonds. The Kier molecular flexibility index (Phi) is 3.24. The van der Waals surface area contributed by atoms with Gasteiger partial charge in [0.25, 0.3) is 5.91 Å². The van der Waals surface area contributed by atoms with E-state index in [-0.39, 0.29) is 5.91 Å². The highest BCUT2D eigenvalue weighted by Crippen LogP contribution is 2.27. The third kappa shape index (κ3) is 2.32. The molecule has 5 heteroatoms. The fourth-order valence-corrected chi connectivity index (χ4v) is 1.94. The van der Waals surface area contributed by atoms with Crippen LogP contribution in [0.5, 0.6) is 0 Å². The summed E-state index contributed by atoms with van der Waals surface area (Å²) in [4.78, 5) is 23.0. The molecule has 0 bridgehead atoms. The van der Waals surface area contributed by atoms with Gasteiger partial charge < -0.3 is 11.1 Å². The van der Waals surface area contributed by atoms with Crippen LogP contribution in [0.1, 0.15) is 28.6 Å². The van der Waals surface area contributed by atoms with Gasteiger partial charge in [-0.2, -0.15) is 0 Å². The molecule has 0 radical (unpaired) electrons.